The third-order valence-electron chi connectivity index (χ3n) is 5.96. The topological polar surface area (TPSA) is 84.7 Å². The van der Waals surface area contributed by atoms with Crippen LogP contribution in [-0.2, 0) is 9.53 Å². The Bertz CT molecular complexity index is 805. The van der Waals surface area contributed by atoms with Crippen LogP contribution >= 0.6 is 12.2 Å². The molecule has 4 rings (SSSR count). The van der Waals surface area contributed by atoms with E-state index in [2.05, 4.69) is 5.32 Å². The zero-order valence-electron chi connectivity index (χ0n) is 15.0. The van der Waals surface area contributed by atoms with Gasteiger partial charge in [0.1, 0.15) is 11.9 Å². The van der Waals surface area contributed by atoms with E-state index in [4.69, 9.17) is 22.7 Å². The quantitative estimate of drug-likeness (QED) is 0.753. The first kappa shape index (κ1) is 18.2. The number of benzene rings is 1. The first-order valence-corrected chi connectivity index (χ1v) is 9.57. The van der Waals surface area contributed by atoms with Crippen LogP contribution in [0.15, 0.2) is 18.2 Å². The predicted molar refractivity (Wildman–Crippen MR) is 102 cm³/mol. The predicted octanol–water partition coefficient (Wildman–Crippen LogP) is 2.31. The highest BCUT2D eigenvalue weighted by Gasteiger charge is 2.57. The molecule has 1 aromatic carbocycles. The minimum atomic E-state index is -0.529. The zero-order valence-corrected chi connectivity index (χ0v) is 15.8. The van der Waals surface area contributed by atoms with Crippen LogP contribution < -0.4 is 16.0 Å². The molecular weight excluding hydrogens is 369 g/mol. The average molecular weight is 391 g/mol. The summed E-state index contributed by atoms with van der Waals surface area (Å²) in [5.41, 5.74) is 6.90. The third kappa shape index (κ3) is 3.38. The summed E-state index contributed by atoms with van der Waals surface area (Å²) in [5.74, 6) is 1.01. The molecule has 3 atom stereocenters. The number of carbonyl (C=O) groups is 2. The van der Waals surface area contributed by atoms with E-state index >= 15 is 0 Å². The average Bonchev–Trinajstić information content (AvgIpc) is 2.94. The lowest BCUT2D eigenvalue weighted by Gasteiger charge is -2.18. The monoisotopic (exact) mass is 391 g/mol. The molecule has 8 heteroatoms. The lowest BCUT2D eigenvalue weighted by atomic mass is 9.91. The molecule has 0 spiro atoms. The lowest BCUT2D eigenvalue weighted by Crippen LogP contribution is -2.33. The molecule has 3 aliphatic rings. The lowest BCUT2D eigenvalue weighted by molar-refractivity contribution is -0.119. The van der Waals surface area contributed by atoms with Gasteiger partial charge in [0.05, 0.1) is 23.8 Å². The maximum Gasteiger partial charge on any atom is 0.414 e. The van der Waals surface area contributed by atoms with Gasteiger partial charge in [0.15, 0.2) is 0 Å². The summed E-state index contributed by atoms with van der Waals surface area (Å²) in [7, 11) is 0. The number of anilines is 1. The number of halogens is 1. The fraction of sp³-hybridized carbons (Fsp3) is 0.526. The fourth-order valence-electron chi connectivity index (χ4n) is 4.63. The number of nitrogens with one attached hydrogen (secondary N) is 1. The minimum Gasteiger partial charge on any atom is -0.442 e. The second-order valence-electron chi connectivity index (χ2n) is 7.68. The number of nitrogens with zero attached hydrogens (tertiary/aromatic N) is 1. The van der Waals surface area contributed by atoms with Crippen molar-refractivity contribution in [2.45, 2.75) is 31.8 Å². The molecule has 1 saturated heterocycles. The number of amides is 2. The first-order valence-electron chi connectivity index (χ1n) is 9.16. The first-order chi connectivity index (χ1) is 12.8. The van der Waals surface area contributed by atoms with Crippen LogP contribution in [0.1, 0.15) is 31.2 Å². The largest absolute Gasteiger partial charge is 0.442 e. The highest BCUT2D eigenvalue weighted by molar-refractivity contribution is 7.80. The van der Waals surface area contributed by atoms with Gasteiger partial charge in [-0.3, -0.25) is 9.69 Å². The van der Waals surface area contributed by atoms with Crippen molar-refractivity contribution in [3.05, 3.63) is 29.6 Å². The van der Waals surface area contributed by atoms with E-state index in [9.17, 15) is 14.0 Å². The Morgan fingerprint density at radius 2 is 2.11 bits per heavy atom. The standard InChI is InChI=1S/C19H22FN3O3S/c1-9(24)22-7-12-8-23(19(25)26-12)11-2-3-13(16(20)6-11)10-4-14-15(5-10)17(14)18(21)27/h2-3,6,10,12,14-15,17H,4-5,7-8H2,1H3,(H2,21,27)(H,22,24)/t10?,12-,14?,15?,17?/m0/s1. The number of nitrogens with two attached hydrogens (primary N) is 1. The summed E-state index contributed by atoms with van der Waals surface area (Å²) in [4.78, 5) is 25.1. The van der Waals surface area contributed by atoms with Crippen LogP contribution in [0.3, 0.4) is 0 Å². The molecule has 0 aromatic heterocycles. The second-order valence-corrected chi connectivity index (χ2v) is 8.15. The van der Waals surface area contributed by atoms with Crippen LogP contribution in [0.4, 0.5) is 14.9 Å². The molecule has 1 heterocycles. The van der Waals surface area contributed by atoms with Crippen LogP contribution in [0.5, 0.6) is 0 Å². The van der Waals surface area contributed by atoms with Gasteiger partial charge >= 0.3 is 6.09 Å². The number of hydrogen-bond acceptors (Lipinski definition) is 4. The number of rotatable bonds is 5. The summed E-state index contributed by atoms with van der Waals surface area (Å²) < 4.78 is 20.0. The summed E-state index contributed by atoms with van der Waals surface area (Å²) >= 11 is 5.08. The van der Waals surface area contributed by atoms with Gasteiger partial charge in [-0.25, -0.2) is 9.18 Å². The number of thiocarbonyl (C=S) groups is 1. The van der Waals surface area contributed by atoms with Crippen molar-refractivity contribution < 1.29 is 18.7 Å². The van der Waals surface area contributed by atoms with Crippen molar-refractivity contribution in [1.82, 2.24) is 5.32 Å². The van der Waals surface area contributed by atoms with Gasteiger partial charge in [-0.2, -0.15) is 0 Å². The van der Waals surface area contributed by atoms with E-state index in [-0.39, 0.29) is 30.7 Å². The van der Waals surface area contributed by atoms with Gasteiger partial charge in [0.25, 0.3) is 0 Å². The Morgan fingerprint density at radius 3 is 2.70 bits per heavy atom. The number of ether oxygens (including phenoxy) is 1. The normalized spacial score (nSPS) is 31.4. The van der Waals surface area contributed by atoms with Gasteiger partial charge < -0.3 is 15.8 Å². The molecule has 2 aliphatic carbocycles. The molecule has 1 aliphatic heterocycles. The molecule has 1 aromatic rings. The van der Waals surface area contributed by atoms with Crippen LogP contribution in [0.2, 0.25) is 0 Å². The molecule has 3 N–H and O–H groups in total. The molecule has 0 radical (unpaired) electrons. The molecule has 2 saturated carbocycles. The second kappa shape index (κ2) is 6.74. The Labute approximate surface area is 162 Å². The van der Waals surface area contributed by atoms with Crippen LogP contribution in [0, 0.1) is 23.6 Å². The summed E-state index contributed by atoms with van der Waals surface area (Å²) in [6.45, 7) is 1.92. The van der Waals surface area contributed by atoms with E-state index in [1.807, 2.05) is 0 Å². The number of cyclic esters (lactones) is 1. The fourth-order valence-corrected chi connectivity index (χ4v) is 4.98. The van der Waals surface area contributed by atoms with Gasteiger partial charge in [-0.1, -0.05) is 18.3 Å². The van der Waals surface area contributed by atoms with Crippen molar-refractivity contribution in [2.24, 2.45) is 23.5 Å². The van der Waals surface area contributed by atoms with Gasteiger partial charge in [-0.05, 0) is 48.3 Å². The van der Waals surface area contributed by atoms with Gasteiger partial charge in [0, 0.05) is 12.8 Å². The maximum atomic E-state index is 14.7. The summed E-state index contributed by atoms with van der Waals surface area (Å²) in [6, 6.07) is 4.92. The molecule has 27 heavy (non-hydrogen) atoms. The zero-order chi connectivity index (χ0) is 19.3. The van der Waals surface area contributed by atoms with E-state index in [1.54, 1.807) is 12.1 Å². The van der Waals surface area contributed by atoms with E-state index < -0.39 is 12.2 Å². The molecule has 6 nitrogen and oxygen atoms in total. The van der Waals surface area contributed by atoms with Crippen molar-refractivity contribution in [3.63, 3.8) is 0 Å². The molecular formula is C19H22FN3O3S. The third-order valence-corrected chi connectivity index (χ3v) is 6.23. The smallest absolute Gasteiger partial charge is 0.414 e. The highest BCUT2D eigenvalue weighted by atomic mass is 32.1. The molecule has 2 amide bonds. The number of carbonyl (C=O) groups excluding carboxylic acids is 2. The molecule has 3 fully saturated rings. The summed E-state index contributed by atoms with van der Waals surface area (Å²) in [6.07, 6.45) is 0.850. The Hall–Kier alpha value is -2.22. The molecule has 144 valence electrons. The minimum absolute atomic E-state index is 0.178. The van der Waals surface area contributed by atoms with Gasteiger partial charge in [-0.15, -0.1) is 0 Å². The van der Waals surface area contributed by atoms with E-state index in [0.717, 1.165) is 12.8 Å². The maximum absolute atomic E-state index is 14.7. The number of fused-ring (bicyclic) bond motifs is 1. The van der Waals surface area contributed by atoms with Crippen LogP contribution in [-0.4, -0.2) is 36.2 Å². The summed E-state index contributed by atoms with van der Waals surface area (Å²) in [5, 5.41) is 2.62. The number of hydrogen-bond donors (Lipinski definition) is 2. The van der Waals surface area contributed by atoms with Crippen molar-refractivity contribution in [1.29, 1.82) is 0 Å². The van der Waals surface area contributed by atoms with Gasteiger partial charge in [0.2, 0.25) is 5.91 Å². The molecule has 2 unspecified atom stereocenters. The van der Waals surface area contributed by atoms with Crippen LogP contribution in [0.25, 0.3) is 0 Å². The molecule has 0 bridgehead atoms. The highest BCUT2D eigenvalue weighted by Crippen LogP contribution is 2.62. The Balaban J connectivity index is 1.41. The Morgan fingerprint density at radius 1 is 1.41 bits per heavy atom. The van der Waals surface area contributed by atoms with E-state index in [0.29, 0.717) is 34.0 Å². The Kier molecular flexibility index (Phi) is 4.53. The van der Waals surface area contributed by atoms with Crippen molar-refractivity contribution in [2.75, 3.05) is 18.0 Å². The van der Waals surface area contributed by atoms with Crippen molar-refractivity contribution >= 4 is 34.9 Å². The SMILES string of the molecule is CC(=O)NC[C@H]1CN(c2ccc(C3CC4C(C3)C4C(N)=S)c(F)c2)C(=O)O1. The van der Waals surface area contributed by atoms with Crippen molar-refractivity contribution in [3.8, 4) is 0 Å². The van der Waals surface area contributed by atoms with E-state index in [1.165, 1.54) is 17.9 Å².